The predicted octanol–water partition coefficient (Wildman–Crippen LogP) is 2.76. The monoisotopic (exact) mass is 282 g/mol. The van der Waals surface area contributed by atoms with Crippen molar-refractivity contribution in [3.63, 3.8) is 0 Å². The molecule has 1 aliphatic heterocycles. The quantitative estimate of drug-likeness (QED) is 0.744. The largest absolute Gasteiger partial charge is 0.366 e. The van der Waals surface area contributed by atoms with Crippen LogP contribution >= 0.6 is 11.6 Å². The Balaban J connectivity index is 2.24. The second-order valence-corrected chi connectivity index (χ2v) is 6.52. The van der Waals surface area contributed by atoms with Crippen molar-refractivity contribution in [2.24, 2.45) is 0 Å². The van der Waals surface area contributed by atoms with Crippen LogP contribution in [-0.2, 0) is 4.74 Å². The lowest BCUT2D eigenvalue weighted by atomic mass is 9.98. The second kappa shape index (κ2) is 4.76. The van der Waals surface area contributed by atoms with E-state index in [1.807, 2.05) is 27.7 Å². The topological polar surface area (TPSA) is 42.4 Å². The molecule has 5 heteroatoms. The zero-order valence-corrected chi connectivity index (χ0v) is 12.5. The molecule has 0 radical (unpaired) electrons. The van der Waals surface area contributed by atoms with Gasteiger partial charge in [-0.3, -0.25) is 4.79 Å². The average molecular weight is 283 g/mol. The van der Waals surface area contributed by atoms with Gasteiger partial charge >= 0.3 is 0 Å². The third-order valence-corrected chi connectivity index (χ3v) is 3.13. The molecule has 104 valence electrons. The molecule has 1 amide bonds. The van der Waals surface area contributed by atoms with E-state index >= 15 is 0 Å². The Labute approximate surface area is 118 Å². The fraction of sp³-hybridized carbons (Fsp3) is 0.571. The summed E-state index contributed by atoms with van der Waals surface area (Å²) < 4.78 is 5.96. The van der Waals surface area contributed by atoms with E-state index in [1.54, 1.807) is 23.1 Å². The minimum Gasteiger partial charge on any atom is -0.366 e. The van der Waals surface area contributed by atoms with Crippen molar-refractivity contribution >= 4 is 17.5 Å². The molecule has 1 fully saturated rings. The van der Waals surface area contributed by atoms with Crippen LogP contribution in [0.1, 0.15) is 38.2 Å². The number of nitrogens with zero attached hydrogens (tertiary/aromatic N) is 2. The van der Waals surface area contributed by atoms with Crippen molar-refractivity contribution in [1.29, 1.82) is 0 Å². The highest BCUT2D eigenvalue weighted by Crippen LogP contribution is 2.28. The van der Waals surface area contributed by atoms with Gasteiger partial charge in [0.1, 0.15) is 10.8 Å². The van der Waals surface area contributed by atoms with Crippen LogP contribution < -0.4 is 0 Å². The SMILES string of the molecule is CC1(C)CN(C(=O)c2cccc(Cl)n2)CC(C)(C)O1. The molecule has 0 N–H and O–H groups in total. The van der Waals surface area contributed by atoms with Crippen molar-refractivity contribution in [2.45, 2.75) is 38.9 Å². The maximum Gasteiger partial charge on any atom is 0.272 e. The number of morpholine rings is 1. The number of amides is 1. The molecule has 0 bridgehead atoms. The molecule has 1 saturated heterocycles. The maximum absolute atomic E-state index is 12.5. The minimum atomic E-state index is -0.365. The smallest absolute Gasteiger partial charge is 0.272 e. The Morgan fingerprint density at radius 2 is 1.84 bits per heavy atom. The van der Waals surface area contributed by atoms with Crippen LogP contribution in [0.15, 0.2) is 18.2 Å². The fourth-order valence-electron chi connectivity index (χ4n) is 2.62. The van der Waals surface area contributed by atoms with Crippen LogP contribution in [0.3, 0.4) is 0 Å². The molecule has 1 aromatic rings. The number of pyridine rings is 1. The molecule has 1 aromatic heterocycles. The average Bonchev–Trinajstić information content (AvgIpc) is 2.23. The van der Waals surface area contributed by atoms with E-state index in [4.69, 9.17) is 16.3 Å². The van der Waals surface area contributed by atoms with Crippen LogP contribution in [0, 0.1) is 0 Å². The summed E-state index contributed by atoms with van der Waals surface area (Å²) in [6.07, 6.45) is 0. The highest BCUT2D eigenvalue weighted by molar-refractivity contribution is 6.29. The van der Waals surface area contributed by atoms with Crippen molar-refractivity contribution in [3.8, 4) is 0 Å². The van der Waals surface area contributed by atoms with Gasteiger partial charge in [-0.15, -0.1) is 0 Å². The molecule has 2 heterocycles. The van der Waals surface area contributed by atoms with Gasteiger partial charge in [0, 0.05) is 13.1 Å². The molecule has 0 saturated carbocycles. The minimum absolute atomic E-state index is 0.105. The van der Waals surface area contributed by atoms with E-state index in [-0.39, 0.29) is 17.1 Å². The van der Waals surface area contributed by atoms with Crippen molar-refractivity contribution < 1.29 is 9.53 Å². The van der Waals surface area contributed by atoms with E-state index in [9.17, 15) is 4.79 Å². The van der Waals surface area contributed by atoms with Gasteiger partial charge in [-0.2, -0.15) is 0 Å². The molecule has 0 unspecified atom stereocenters. The summed E-state index contributed by atoms with van der Waals surface area (Å²) in [7, 11) is 0. The van der Waals surface area contributed by atoms with Gasteiger partial charge in [0.2, 0.25) is 0 Å². The van der Waals surface area contributed by atoms with Crippen LogP contribution in [0.5, 0.6) is 0 Å². The Morgan fingerprint density at radius 1 is 1.26 bits per heavy atom. The van der Waals surface area contributed by atoms with Gasteiger partial charge in [0.25, 0.3) is 5.91 Å². The van der Waals surface area contributed by atoms with Crippen molar-refractivity contribution in [3.05, 3.63) is 29.0 Å². The molecule has 1 aliphatic rings. The highest BCUT2D eigenvalue weighted by atomic mass is 35.5. The van der Waals surface area contributed by atoms with Gasteiger partial charge in [-0.1, -0.05) is 17.7 Å². The molecule has 2 rings (SSSR count). The molecular weight excluding hydrogens is 264 g/mol. The summed E-state index contributed by atoms with van der Waals surface area (Å²) in [6.45, 7) is 9.03. The number of ether oxygens (including phenoxy) is 1. The first-order valence-corrected chi connectivity index (χ1v) is 6.68. The lowest BCUT2D eigenvalue weighted by Crippen LogP contribution is -2.58. The number of hydrogen-bond acceptors (Lipinski definition) is 3. The number of rotatable bonds is 1. The van der Waals surface area contributed by atoms with Crippen LogP contribution in [-0.4, -0.2) is 40.1 Å². The first-order valence-electron chi connectivity index (χ1n) is 6.31. The van der Waals surface area contributed by atoms with Crippen LogP contribution in [0.4, 0.5) is 0 Å². The number of carbonyl (C=O) groups is 1. The van der Waals surface area contributed by atoms with Crippen LogP contribution in [0.25, 0.3) is 0 Å². The standard InChI is InChI=1S/C14H19ClN2O2/c1-13(2)8-17(9-14(3,4)19-13)12(18)10-6-5-7-11(15)16-10/h5-7H,8-9H2,1-4H3. The molecule has 4 nitrogen and oxygen atoms in total. The van der Waals surface area contributed by atoms with E-state index in [2.05, 4.69) is 4.98 Å². The van der Waals surface area contributed by atoms with Gasteiger partial charge < -0.3 is 9.64 Å². The summed E-state index contributed by atoms with van der Waals surface area (Å²) in [4.78, 5) is 18.3. The molecule has 0 aromatic carbocycles. The summed E-state index contributed by atoms with van der Waals surface area (Å²) in [5, 5.41) is 0.331. The lowest BCUT2D eigenvalue weighted by Gasteiger charge is -2.47. The Bertz CT molecular complexity index is 484. The fourth-order valence-corrected chi connectivity index (χ4v) is 2.78. The third-order valence-electron chi connectivity index (χ3n) is 2.92. The van der Waals surface area contributed by atoms with Crippen LogP contribution in [0.2, 0.25) is 5.15 Å². The molecule has 0 spiro atoms. The van der Waals surface area contributed by atoms with Crippen molar-refractivity contribution in [2.75, 3.05) is 13.1 Å². The normalized spacial score (nSPS) is 21.2. The zero-order valence-electron chi connectivity index (χ0n) is 11.7. The van der Waals surface area contributed by atoms with Gasteiger partial charge in [-0.25, -0.2) is 4.98 Å². The number of aromatic nitrogens is 1. The van der Waals surface area contributed by atoms with E-state index < -0.39 is 0 Å². The first-order chi connectivity index (χ1) is 8.69. The third kappa shape index (κ3) is 3.45. The molecule has 0 atom stereocenters. The van der Waals surface area contributed by atoms with E-state index in [0.29, 0.717) is 23.9 Å². The van der Waals surface area contributed by atoms with Gasteiger partial charge in [-0.05, 0) is 39.8 Å². The van der Waals surface area contributed by atoms with Crippen molar-refractivity contribution in [1.82, 2.24) is 9.88 Å². The van der Waals surface area contributed by atoms with E-state index in [0.717, 1.165) is 0 Å². The summed E-state index contributed by atoms with van der Waals surface area (Å²) in [5.74, 6) is -0.105. The molecular formula is C14H19ClN2O2. The van der Waals surface area contributed by atoms with Gasteiger partial charge in [0.15, 0.2) is 0 Å². The predicted molar refractivity (Wildman–Crippen MR) is 74.4 cm³/mol. The summed E-state index contributed by atoms with van der Waals surface area (Å²) in [6, 6.07) is 5.08. The zero-order chi connectivity index (χ0) is 14.3. The summed E-state index contributed by atoms with van der Waals surface area (Å²) >= 11 is 5.83. The number of halogens is 1. The highest BCUT2D eigenvalue weighted by Gasteiger charge is 2.40. The maximum atomic E-state index is 12.5. The number of hydrogen-bond donors (Lipinski definition) is 0. The Kier molecular flexibility index (Phi) is 3.58. The molecule has 19 heavy (non-hydrogen) atoms. The lowest BCUT2D eigenvalue weighted by molar-refractivity contribution is -0.171. The van der Waals surface area contributed by atoms with E-state index in [1.165, 1.54) is 0 Å². The Morgan fingerprint density at radius 3 is 2.37 bits per heavy atom. The first kappa shape index (κ1) is 14.3. The summed E-state index contributed by atoms with van der Waals surface area (Å²) in [5.41, 5.74) is -0.354. The molecule has 0 aliphatic carbocycles. The second-order valence-electron chi connectivity index (χ2n) is 6.13. The Hall–Kier alpha value is -1.13. The number of carbonyl (C=O) groups excluding carboxylic acids is 1. The van der Waals surface area contributed by atoms with Gasteiger partial charge in [0.05, 0.1) is 11.2 Å².